The first kappa shape index (κ1) is 17.4. The van der Waals surface area contributed by atoms with E-state index in [0.29, 0.717) is 19.0 Å². The molecule has 124 valence electrons. The lowest BCUT2D eigenvalue weighted by molar-refractivity contribution is -0.385. The fourth-order valence-electron chi connectivity index (χ4n) is 2.50. The summed E-state index contributed by atoms with van der Waals surface area (Å²) in [5.74, 6) is -0.548. The molecule has 1 aliphatic rings. The molecular formula is C15H17BrN2O5. The number of carbonyl (C=O) groups excluding carboxylic acids is 2. The molecule has 1 saturated heterocycles. The maximum Gasteiger partial charge on any atom is 0.338 e. The quantitative estimate of drug-likeness (QED) is 0.452. The number of benzene rings is 1. The van der Waals surface area contributed by atoms with Gasteiger partial charge in [0.25, 0.3) is 11.6 Å². The van der Waals surface area contributed by atoms with E-state index in [1.807, 2.05) is 0 Å². The van der Waals surface area contributed by atoms with E-state index in [4.69, 9.17) is 4.74 Å². The van der Waals surface area contributed by atoms with Gasteiger partial charge in [0.1, 0.15) is 0 Å². The first-order chi connectivity index (χ1) is 10.9. The molecule has 0 aliphatic carbocycles. The summed E-state index contributed by atoms with van der Waals surface area (Å²) in [5, 5.41) is 10.9. The van der Waals surface area contributed by atoms with E-state index in [1.54, 1.807) is 4.90 Å². The van der Waals surface area contributed by atoms with Crippen LogP contribution in [0.25, 0.3) is 0 Å². The minimum atomic E-state index is -0.751. The van der Waals surface area contributed by atoms with Crippen molar-refractivity contribution in [1.82, 2.24) is 4.90 Å². The molecule has 1 aliphatic heterocycles. The number of nitro groups is 1. The lowest BCUT2D eigenvalue weighted by Crippen LogP contribution is -2.41. The Morgan fingerprint density at radius 1 is 1.48 bits per heavy atom. The predicted octanol–water partition coefficient (Wildman–Crippen LogP) is 2.77. The number of halogens is 1. The van der Waals surface area contributed by atoms with Crippen LogP contribution in [0.4, 0.5) is 5.69 Å². The predicted molar refractivity (Wildman–Crippen MR) is 86.1 cm³/mol. The number of hydrogen-bond donors (Lipinski definition) is 0. The van der Waals surface area contributed by atoms with E-state index in [1.165, 1.54) is 12.1 Å². The van der Waals surface area contributed by atoms with Crippen molar-refractivity contribution in [3.63, 3.8) is 0 Å². The number of piperidine rings is 1. The maximum absolute atomic E-state index is 12.0. The van der Waals surface area contributed by atoms with Gasteiger partial charge in [0.2, 0.25) is 0 Å². The summed E-state index contributed by atoms with van der Waals surface area (Å²) in [6, 6.07) is 3.94. The number of nitrogens with zero attached hydrogens (tertiary/aromatic N) is 2. The average molecular weight is 385 g/mol. The van der Waals surface area contributed by atoms with Crippen LogP contribution in [0.1, 0.15) is 30.1 Å². The monoisotopic (exact) mass is 384 g/mol. The standard InChI is InChI=1S/C15H17BrN2O5/c1-10-3-2-6-17(8-10)14(19)9-23-15(20)11-4-5-12(16)13(7-11)18(21)22/h4-5,7,10H,2-3,6,8-9H2,1H3/t10-/m0/s1. The second-order valence-electron chi connectivity index (χ2n) is 5.59. The molecule has 7 nitrogen and oxygen atoms in total. The summed E-state index contributed by atoms with van der Waals surface area (Å²) in [6.45, 7) is 3.06. The number of esters is 1. The fraction of sp³-hybridized carbons (Fsp3) is 0.467. The van der Waals surface area contributed by atoms with Gasteiger partial charge in [-0.1, -0.05) is 6.92 Å². The molecule has 0 aromatic heterocycles. The van der Waals surface area contributed by atoms with Crippen LogP contribution < -0.4 is 0 Å². The van der Waals surface area contributed by atoms with Crippen LogP contribution in [-0.2, 0) is 9.53 Å². The van der Waals surface area contributed by atoms with Crippen LogP contribution >= 0.6 is 15.9 Å². The molecule has 0 bridgehead atoms. The van der Waals surface area contributed by atoms with E-state index in [-0.39, 0.29) is 28.2 Å². The molecule has 1 aromatic carbocycles. The molecule has 1 amide bonds. The van der Waals surface area contributed by atoms with Crippen molar-refractivity contribution in [3.05, 3.63) is 38.3 Å². The molecule has 2 rings (SSSR count). The molecule has 1 atom stereocenters. The fourth-order valence-corrected chi connectivity index (χ4v) is 2.89. The van der Waals surface area contributed by atoms with Gasteiger partial charge in [-0.25, -0.2) is 4.79 Å². The van der Waals surface area contributed by atoms with Crippen LogP contribution in [0.15, 0.2) is 22.7 Å². The molecular weight excluding hydrogens is 368 g/mol. The van der Waals surface area contributed by atoms with Gasteiger partial charge in [0.15, 0.2) is 6.61 Å². The van der Waals surface area contributed by atoms with Crippen molar-refractivity contribution >= 4 is 33.5 Å². The average Bonchev–Trinajstić information content (AvgIpc) is 2.52. The molecule has 0 spiro atoms. The zero-order valence-corrected chi connectivity index (χ0v) is 14.2. The minimum Gasteiger partial charge on any atom is -0.452 e. The smallest absolute Gasteiger partial charge is 0.338 e. The summed E-state index contributed by atoms with van der Waals surface area (Å²) in [4.78, 5) is 35.9. The van der Waals surface area contributed by atoms with Gasteiger partial charge >= 0.3 is 5.97 Å². The molecule has 0 N–H and O–H groups in total. The lowest BCUT2D eigenvalue weighted by atomic mass is 10.0. The first-order valence-electron chi connectivity index (χ1n) is 7.27. The number of nitro benzene ring substituents is 1. The summed E-state index contributed by atoms with van der Waals surface area (Å²) in [5.41, 5.74) is -0.185. The van der Waals surface area contributed by atoms with Gasteiger partial charge in [-0.2, -0.15) is 0 Å². The molecule has 1 aromatic rings. The molecule has 23 heavy (non-hydrogen) atoms. The third-order valence-electron chi connectivity index (χ3n) is 3.71. The lowest BCUT2D eigenvalue weighted by Gasteiger charge is -2.30. The largest absolute Gasteiger partial charge is 0.452 e. The van der Waals surface area contributed by atoms with Gasteiger partial charge < -0.3 is 9.64 Å². The number of rotatable bonds is 4. The summed E-state index contributed by atoms with van der Waals surface area (Å²) >= 11 is 3.05. The Morgan fingerprint density at radius 2 is 2.22 bits per heavy atom. The first-order valence-corrected chi connectivity index (χ1v) is 8.06. The number of carbonyl (C=O) groups is 2. The Morgan fingerprint density at radius 3 is 2.87 bits per heavy atom. The van der Waals surface area contributed by atoms with Crippen LogP contribution in [0.2, 0.25) is 0 Å². The maximum atomic E-state index is 12.0. The third kappa shape index (κ3) is 4.51. The van der Waals surface area contributed by atoms with Crippen molar-refractivity contribution < 1.29 is 19.2 Å². The normalized spacial score (nSPS) is 17.7. The Hall–Kier alpha value is -1.96. The molecule has 8 heteroatoms. The Balaban J connectivity index is 1.95. The van der Waals surface area contributed by atoms with E-state index in [9.17, 15) is 19.7 Å². The molecule has 1 fully saturated rings. The van der Waals surface area contributed by atoms with Crippen LogP contribution in [0, 0.1) is 16.0 Å². The third-order valence-corrected chi connectivity index (χ3v) is 4.39. The summed E-state index contributed by atoms with van der Waals surface area (Å²) in [7, 11) is 0. The minimum absolute atomic E-state index is 0.0414. The highest BCUT2D eigenvalue weighted by Crippen LogP contribution is 2.26. The highest BCUT2D eigenvalue weighted by molar-refractivity contribution is 9.10. The van der Waals surface area contributed by atoms with Crippen molar-refractivity contribution in [2.75, 3.05) is 19.7 Å². The topological polar surface area (TPSA) is 89.8 Å². The van der Waals surface area contributed by atoms with Crippen LogP contribution in [0.3, 0.4) is 0 Å². The highest BCUT2D eigenvalue weighted by atomic mass is 79.9. The van der Waals surface area contributed by atoms with Gasteiger partial charge in [-0.3, -0.25) is 14.9 Å². The number of likely N-dealkylation sites (tertiary alicyclic amines) is 1. The van der Waals surface area contributed by atoms with Gasteiger partial charge in [-0.15, -0.1) is 0 Å². The molecule has 0 saturated carbocycles. The second-order valence-corrected chi connectivity index (χ2v) is 6.44. The molecule has 0 unspecified atom stereocenters. The number of amides is 1. The van der Waals surface area contributed by atoms with E-state index in [0.717, 1.165) is 18.9 Å². The zero-order chi connectivity index (χ0) is 17.0. The number of hydrogen-bond acceptors (Lipinski definition) is 5. The molecule has 0 radical (unpaired) electrons. The van der Waals surface area contributed by atoms with Crippen LogP contribution in [-0.4, -0.2) is 41.4 Å². The van der Waals surface area contributed by atoms with E-state index >= 15 is 0 Å². The van der Waals surface area contributed by atoms with Crippen molar-refractivity contribution in [2.45, 2.75) is 19.8 Å². The van der Waals surface area contributed by atoms with E-state index < -0.39 is 10.9 Å². The van der Waals surface area contributed by atoms with Crippen LogP contribution in [0.5, 0.6) is 0 Å². The van der Waals surface area contributed by atoms with Gasteiger partial charge in [0, 0.05) is 19.2 Å². The van der Waals surface area contributed by atoms with Crippen molar-refractivity contribution in [2.24, 2.45) is 5.92 Å². The second kappa shape index (κ2) is 7.54. The summed E-state index contributed by atoms with van der Waals surface area (Å²) < 4.78 is 5.26. The Kier molecular flexibility index (Phi) is 5.70. The Labute approximate surface area is 141 Å². The molecule has 1 heterocycles. The summed E-state index contributed by atoms with van der Waals surface area (Å²) in [6.07, 6.45) is 2.03. The van der Waals surface area contributed by atoms with E-state index in [2.05, 4.69) is 22.9 Å². The number of ether oxygens (including phenoxy) is 1. The van der Waals surface area contributed by atoms with Gasteiger partial charge in [-0.05, 0) is 46.8 Å². The van der Waals surface area contributed by atoms with Crippen molar-refractivity contribution in [3.8, 4) is 0 Å². The zero-order valence-electron chi connectivity index (χ0n) is 12.7. The van der Waals surface area contributed by atoms with Gasteiger partial charge in [0.05, 0.1) is 15.0 Å². The highest BCUT2D eigenvalue weighted by Gasteiger charge is 2.23. The SMILES string of the molecule is C[C@H]1CCCN(C(=O)COC(=O)c2ccc(Br)c([N+](=O)[O-])c2)C1. The Bertz CT molecular complexity index is 634. The van der Waals surface area contributed by atoms with Crippen molar-refractivity contribution in [1.29, 1.82) is 0 Å².